The Bertz CT molecular complexity index is 305. The van der Waals surface area contributed by atoms with Crippen molar-refractivity contribution in [1.29, 1.82) is 0 Å². The molecule has 0 spiro atoms. The Morgan fingerprint density at radius 2 is 2.21 bits per heavy atom. The van der Waals surface area contributed by atoms with Crippen molar-refractivity contribution in [3.8, 4) is 0 Å². The summed E-state index contributed by atoms with van der Waals surface area (Å²) in [5, 5.41) is 0.527. The minimum absolute atomic E-state index is 0.422. The van der Waals surface area contributed by atoms with Crippen LogP contribution in [0, 0.1) is 0 Å². The number of hydrogen-bond donors (Lipinski definition) is 0. The van der Waals surface area contributed by atoms with E-state index in [1.165, 1.54) is 11.2 Å². The van der Waals surface area contributed by atoms with E-state index in [1.54, 1.807) is 7.05 Å². The first-order valence-corrected chi connectivity index (χ1v) is 4.91. The number of amides is 1. The Kier molecular flexibility index (Phi) is 3.05. The highest BCUT2D eigenvalue weighted by molar-refractivity contribution is 7.09. The highest BCUT2D eigenvalue weighted by atomic mass is 32.1. The van der Waals surface area contributed by atoms with Crippen LogP contribution in [0.3, 0.4) is 0 Å². The topological polar surface area (TPSA) is 55.3 Å². The fourth-order valence-corrected chi connectivity index (χ4v) is 1.20. The van der Waals surface area contributed by atoms with E-state index in [-0.39, 0.29) is 0 Å². The van der Waals surface area contributed by atoms with Gasteiger partial charge in [0.25, 0.3) is 0 Å². The van der Waals surface area contributed by atoms with E-state index in [0.29, 0.717) is 5.13 Å². The van der Waals surface area contributed by atoms with Crippen molar-refractivity contribution < 1.29 is 9.53 Å². The lowest BCUT2D eigenvalue weighted by Gasteiger charge is -2.22. The second-order valence-electron chi connectivity index (χ2n) is 3.76. The van der Waals surface area contributed by atoms with Crippen molar-refractivity contribution in [2.45, 2.75) is 26.4 Å². The minimum Gasteiger partial charge on any atom is -0.443 e. The first kappa shape index (κ1) is 10.9. The van der Waals surface area contributed by atoms with E-state index >= 15 is 0 Å². The zero-order valence-corrected chi connectivity index (χ0v) is 9.46. The molecule has 1 amide bonds. The van der Waals surface area contributed by atoms with Crippen LogP contribution in [-0.4, -0.2) is 28.1 Å². The molecule has 5 nitrogen and oxygen atoms in total. The molecule has 0 saturated heterocycles. The first-order chi connectivity index (χ1) is 6.40. The van der Waals surface area contributed by atoms with Gasteiger partial charge in [0.15, 0.2) is 0 Å². The lowest BCUT2D eigenvalue weighted by Crippen LogP contribution is -2.34. The molecule has 0 aliphatic carbocycles. The van der Waals surface area contributed by atoms with E-state index in [9.17, 15) is 4.79 Å². The van der Waals surface area contributed by atoms with Gasteiger partial charge in [-0.15, -0.1) is 0 Å². The van der Waals surface area contributed by atoms with Gasteiger partial charge in [-0.1, -0.05) is 0 Å². The Balaban J connectivity index is 2.63. The van der Waals surface area contributed by atoms with Crippen LogP contribution in [0.2, 0.25) is 0 Å². The number of aromatic nitrogens is 2. The van der Waals surface area contributed by atoms with Crippen molar-refractivity contribution in [1.82, 2.24) is 9.36 Å². The van der Waals surface area contributed by atoms with Crippen LogP contribution in [0.5, 0.6) is 0 Å². The SMILES string of the molecule is CN(C(=O)OC(C)(C)C)c1ncns1. The lowest BCUT2D eigenvalue weighted by molar-refractivity contribution is 0.0589. The van der Waals surface area contributed by atoms with Crippen molar-refractivity contribution >= 4 is 22.8 Å². The molecule has 1 rings (SSSR count). The van der Waals surface area contributed by atoms with Gasteiger partial charge in [0.2, 0.25) is 5.13 Å². The molecule has 0 atom stereocenters. The van der Waals surface area contributed by atoms with Gasteiger partial charge in [0.1, 0.15) is 11.9 Å². The van der Waals surface area contributed by atoms with E-state index in [2.05, 4.69) is 9.36 Å². The molecule has 0 radical (unpaired) electrons. The molecule has 0 N–H and O–H groups in total. The summed E-state index contributed by atoms with van der Waals surface area (Å²) in [7, 11) is 1.61. The van der Waals surface area contributed by atoms with Gasteiger partial charge in [0, 0.05) is 18.6 Å². The molecule has 0 aliphatic rings. The smallest absolute Gasteiger partial charge is 0.416 e. The van der Waals surface area contributed by atoms with Crippen LogP contribution in [-0.2, 0) is 4.74 Å². The molecule has 1 heterocycles. The third-order valence-electron chi connectivity index (χ3n) is 1.30. The van der Waals surface area contributed by atoms with E-state index in [4.69, 9.17) is 4.74 Å². The number of anilines is 1. The van der Waals surface area contributed by atoms with E-state index in [0.717, 1.165) is 11.5 Å². The summed E-state index contributed by atoms with van der Waals surface area (Å²) >= 11 is 1.15. The Morgan fingerprint density at radius 1 is 1.57 bits per heavy atom. The molecule has 6 heteroatoms. The number of rotatable bonds is 1. The summed E-state index contributed by atoms with van der Waals surface area (Å²) in [6, 6.07) is 0. The fourth-order valence-electron chi connectivity index (χ4n) is 0.724. The quantitative estimate of drug-likeness (QED) is 0.718. The van der Waals surface area contributed by atoms with Crippen LogP contribution in [0.4, 0.5) is 9.93 Å². The maximum absolute atomic E-state index is 11.5. The maximum Gasteiger partial charge on any atom is 0.416 e. The van der Waals surface area contributed by atoms with Gasteiger partial charge < -0.3 is 4.74 Å². The number of nitrogens with zero attached hydrogens (tertiary/aromatic N) is 3. The van der Waals surface area contributed by atoms with Crippen molar-refractivity contribution in [2.24, 2.45) is 0 Å². The third kappa shape index (κ3) is 2.95. The monoisotopic (exact) mass is 215 g/mol. The van der Waals surface area contributed by atoms with Gasteiger partial charge in [-0.05, 0) is 20.8 Å². The predicted octanol–water partition coefficient (Wildman–Crippen LogP) is 1.91. The predicted molar refractivity (Wildman–Crippen MR) is 54.5 cm³/mol. The second kappa shape index (κ2) is 3.91. The van der Waals surface area contributed by atoms with E-state index in [1.807, 2.05) is 20.8 Å². The van der Waals surface area contributed by atoms with Crippen molar-refractivity contribution in [3.05, 3.63) is 6.33 Å². The molecule has 1 aromatic heterocycles. The third-order valence-corrected chi connectivity index (χ3v) is 2.05. The molecule has 0 bridgehead atoms. The van der Waals surface area contributed by atoms with Crippen LogP contribution in [0.15, 0.2) is 6.33 Å². The average Bonchev–Trinajstić information content (AvgIpc) is 2.51. The molecule has 0 aliphatic heterocycles. The molecular formula is C8H13N3O2S. The molecule has 78 valence electrons. The maximum atomic E-state index is 11.5. The van der Waals surface area contributed by atoms with Crippen LogP contribution in [0.25, 0.3) is 0 Å². The van der Waals surface area contributed by atoms with Gasteiger partial charge in [-0.2, -0.15) is 4.37 Å². The molecule has 0 unspecified atom stereocenters. The molecule has 0 fully saturated rings. The summed E-state index contributed by atoms with van der Waals surface area (Å²) in [6.45, 7) is 5.45. The highest BCUT2D eigenvalue weighted by Crippen LogP contribution is 2.16. The number of carbonyl (C=O) groups is 1. The number of carbonyl (C=O) groups excluding carboxylic acids is 1. The summed E-state index contributed by atoms with van der Waals surface area (Å²) in [4.78, 5) is 16.7. The number of ether oxygens (including phenoxy) is 1. The molecular weight excluding hydrogens is 202 g/mol. The zero-order valence-electron chi connectivity index (χ0n) is 8.64. The average molecular weight is 215 g/mol. The lowest BCUT2D eigenvalue weighted by atomic mass is 10.2. The highest BCUT2D eigenvalue weighted by Gasteiger charge is 2.21. The van der Waals surface area contributed by atoms with Gasteiger partial charge in [-0.3, -0.25) is 4.90 Å². The van der Waals surface area contributed by atoms with Gasteiger partial charge in [-0.25, -0.2) is 9.78 Å². The Morgan fingerprint density at radius 3 is 2.64 bits per heavy atom. The molecule has 14 heavy (non-hydrogen) atoms. The van der Waals surface area contributed by atoms with Crippen LogP contribution < -0.4 is 4.90 Å². The summed E-state index contributed by atoms with van der Waals surface area (Å²) in [5.74, 6) is 0. The van der Waals surface area contributed by atoms with Crippen LogP contribution in [0.1, 0.15) is 20.8 Å². The van der Waals surface area contributed by atoms with E-state index < -0.39 is 11.7 Å². The van der Waals surface area contributed by atoms with Gasteiger partial charge >= 0.3 is 6.09 Å². The first-order valence-electron chi connectivity index (χ1n) is 4.13. The van der Waals surface area contributed by atoms with Crippen LogP contribution >= 0.6 is 11.5 Å². The fraction of sp³-hybridized carbons (Fsp3) is 0.625. The zero-order chi connectivity index (χ0) is 10.8. The minimum atomic E-state index is -0.490. The van der Waals surface area contributed by atoms with Crippen molar-refractivity contribution in [3.63, 3.8) is 0 Å². The normalized spacial score (nSPS) is 11.1. The van der Waals surface area contributed by atoms with Crippen molar-refractivity contribution in [2.75, 3.05) is 11.9 Å². The summed E-state index contributed by atoms with van der Waals surface area (Å²) in [5.41, 5.74) is -0.490. The largest absolute Gasteiger partial charge is 0.443 e. The molecule has 0 aromatic carbocycles. The Labute approximate surface area is 86.9 Å². The second-order valence-corrected chi connectivity index (χ2v) is 4.52. The molecule has 1 aromatic rings. The number of hydrogen-bond acceptors (Lipinski definition) is 5. The Hall–Kier alpha value is -1.17. The summed E-state index contributed by atoms with van der Waals surface area (Å²) < 4.78 is 8.95. The standard InChI is InChI=1S/C8H13N3O2S/c1-8(2,3)13-7(12)11(4)6-9-5-10-14-6/h5H,1-4H3. The van der Waals surface area contributed by atoms with Gasteiger partial charge in [0.05, 0.1) is 0 Å². The summed E-state index contributed by atoms with van der Waals surface area (Å²) in [6.07, 6.45) is 0.982. The molecule has 0 saturated carbocycles.